The zero-order chi connectivity index (χ0) is 13.1. The fourth-order valence-electron chi connectivity index (χ4n) is 2.02. The molecule has 0 bridgehead atoms. The first kappa shape index (κ1) is 13.0. The monoisotopic (exact) mass is 263 g/mol. The molecule has 0 radical (unpaired) electrons. The predicted octanol–water partition coefficient (Wildman–Crippen LogP) is 2.65. The summed E-state index contributed by atoms with van der Waals surface area (Å²) >= 11 is 1.40. The van der Waals surface area contributed by atoms with Crippen LogP contribution in [0.25, 0.3) is 0 Å². The molecule has 0 aromatic heterocycles. The van der Waals surface area contributed by atoms with E-state index in [1.807, 2.05) is 30.5 Å². The van der Waals surface area contributed by atoms with Crippen LogP contribution in [0.1, 0.15) is 12.5 Å². The van der Waals surface area contributed by atoms with Crippen molar-refractivity contribution in [2.45, 2.75) is 6.92 Å². The van der Waals surface area contributed by atoms with Crippen molar-refractivity contribution >= 4 is 22.6 Å². The van der Waals surface area contributed by atoms with Crippen LogP contribution in [0.15, 0.2) is 29.4 Å². The van der Waals surface area contributed by atoms with Crippen molar-refractivity contribution in [3.63, 3.8) is 0 Å². The number of hydrogen-bond acceptors (Lipinski definition) is 4. The number of ether oxygens (including phenoxy) is 1. The lowest BCUT2D eigenvalue weighted by Crippen LogP contribution is -2.22. The molecular weight excluding hydrogens is 246 g/mol. The van der Waals surface area contributed by atoms with Crippen LogP contribution >= 0.6 is 11.8 Å². The van der Waals surface area contributed by atoms with Crippen molar-refractivity contribution < 1.29 is 4.74 Å². The van der Waals surface area contributed by atoms with E-state index in [1.165, 1.54) is 11.8 Å². The van der Waals surface area contributed by atoms with E-state index in [1.54, 1.807) is 12.1 Å². The number of methoxy groups -OCH3 is 1. The van der Waals surface area contributed by atoms with Crippen molar-refractivity contribution in [2.75, 3.05) is 19.9 Å². The normalized spacial score (nSPS) is 18.7. The first-order valence-electron chi connectivity index (χ1n) is 5.79. The van der Waals surface area contributed by atoms with Crippen LogP contribution in [0, 0.1) is 11.3 Å². The molecule has 0 aliphatic carbocycles. The lowest BCUT2D eigenvalue weighted by molar-refractivity contribution is 0.413. The molecule has 18 heavy (non-hydrogen) atoms. The van der Waals surface area contributed by atoms with E-state index in [4.69, 9.17) is 10.1 Å². The Hall–Kier alpha value is -1.49. The summed E-state index contributed by atoms with van der Waals surface area (Å²) in [4.78, 5) is 0. The molecule has 1 heterocycles. The molecule has 96 valence electrons. The molecule has 5 heteroatoms. The number of benzene rings is 1. The zero-order valence-corrected chi connectivity index (χ0v) is 11.6. The number of nitrogens with zero attached hydrogens (tertiary/aromatic N) is 2. The van der Waals surface area contributed by atoms with E-state index >= 15 is 0 Å². The number of rotatable bonds is 2. The van der Waals surface area contributed by atoms with Crippen molar-refractivity contribution in [1.29, 1.82) is 5.41 Å². The Morgan fingerprint density at radius 2 is 2.22 bits per heavy atom. The van der Waals surface area contributed by atoms with Gasteiger partial charge in [0, 0.05) is 11.5 Å². The maximum atomic E-state index is 7.83. The number of thioether (sulfide) groups is 1. The first-order chi connectivity index (χ1) is 8.67. The molecule has 1 aromatic carbocycles. The van der Waals surface area contributed by atoms with Crippen LogP contribution in [0.2, 0.25) is 0 Å². The average molecular weight is 263 g/mol. The minimum atomic E-state index is 0.300. The Labute approximate surface area is 112 Å². The second kappa shape index (κ2) is 5.44. The van der Waals surface area contributed by atoms with Gasteiger partial charge in [0.05, 0.1) is 19.4 Å². The van der Waals surface area contributed by atoms with Crippen LogP contribution < -0.4 is 4.74 Å². The lowest BCUT2D eigenvalue weighted by Gasteiger charge is -2.12. The highest BCUT2D eigenvalue weighted by Crippen LogP contribution is 2.27. The van der Waals surface area contributed by atoms with Gasteiger partial charge in [0.25, 0.3) is 0 Å². The van der Waals surface area contributed by atoms with E-state index in [9.17, 15) is 0 Å². The molecule has 0 spiro atoms. The largest absolute Gasteiger partial charge is 0.496 e. The molecule has 1 aromatic rings. The Bertz CT molecular complexity index is 487. The van der Waals surface area contributed by atoms with E-state index in [0.717, 1.165) is 23.6 Å². The predicted molar refractivity (Wildman–Crippen MR) is 76.6 cm³/mol. The van der Waals surface area contributed by atoms with Gasteiger partial charge in [0.1, 0.15) is 5.75 Å². The van der Waals surface area contributed by atoms with Crippen molar-refractivity contribution in [1.82, 2.24) is 5.01 Å². The van der Waals surface area contributed by atoms with Gasteiger partial charge in [-0.15, -0.1) is 0 Å². The van der Waals surface area contributed by atoms with Gasteiger partial charge in [-0.25, -0.2) is 5.01 Å². The van der Waals surface area contributed by atoms with E-state index in [2.05, 4.69) is 12.0 Å². The Morgan fingerprint density at radius 1 is 1.50 bits per heavy atom. The summed E-state index contributed by atoms with van der Waals surface area (Å²) < 4.78 is 5.37. The number of hydrogen-bond donors (Lipinski definition) is 1. The molecule has 1 atom stereocenters. The van der Waals surface area contributed by atoms with Gasteiger partial charge in [-0.2, -0.15) is 5.10 Å². The zero-order valence-electron chi connectivity index (χ0n) is 10.8. The van der Waals surface area contributed by atoms with Crippen molar-refractivity contribution in [3.8, 4) is 5.75 Å². The maximum absolute atomic E-state index is 7.83. The molecule has 0 saturated carbocycles. The Morgan fingerprint density at radius 3 is 2.89 bits per heavy atom. The van der Waals surface area contributed by atoms with Crippen LogP contribution in [-0.2, 0) is 0 Å². The van der Waals surface area contributed by atoms with Gasteiger partial charge in [-0.3, -0.25) is 5.41 Å². The second-order valence-electron chi connectivity index (χ2n) is 4.18. The molecular formula is C13H17N3OS. The van der Waals surface area contributed by atoms with E-state index in [0.29, 0.717) is 11.1 Å². The van der Waals surface area contributed by atoms with Crippen LogP contribution in [0.4, 0.5) is 0 Å². The van der Waals surface area contributed by atoms with Crippen LogP contribution in [0.5, 0.6) is 5.75 Å². The van der Waals surface area contributed by atoms with Crippen molar-refractivity contribution in [2.24, 2.45) is 11.0 Å². The van der Waals surface area contributed by atoms with E-state index in [-0.39, 0.29) is 0 Å². The fraction of sp³-hybridized carbons (Fsp3) is 0.385. The molecule has 1 aliphatic rings. The standard InChI is InChI=1S/C13H17N3OS/c1-9-8-16(13(14)18-3)15-12(9)10-6-4-5-7-11(10)17-2/h4-7,9,14H,8H2,1-3H3. The molecule has 4 nitrogen and oxygen atoms in total. The third-order valence-electron chi connectivity index (χ3n) is 2.95. The van der Waals surface area contributed by atoms with Gasteiger partial charge in [-0.1, -0.05) is 30.8 Å². The van der Waals surface area contributed by atoms with Gasteiger partial charge in [0.15, 0.2) is 5.17 Å². The molecule has 0 amide bonds. The van der Waals surface area contributed by atoms with Gasteiger partial charge in [-0.05, 0) is 18.4 Å². The number of amidine groups is 1. The summed E-state index contributed by atoms with van der Waals surface area (Å²) in [7, 11) is 1.67. The molecule has 1 unspecified atom stereocenters. The minimum absolute atomic E-state index is 0.300. The second-order valence-corrected chi connectivity index (χ2v) is 4.97. The maximum Gasteiger partial charge on any atom is 0.176 e. The number of hydrazone groups is 1. The molecule has 1 aliphatic heterocycles. The summed E-state index contributed by atoms with van der Waals surface area (Å²) in [5.41, 5.74) is 2.01. The van der Waals surface area contributed by atoms with Crippen LogP contribution in [-0.4, -0.2) is 35.8 Å². The Kier molecular flexibility index (Phi) is 3.91. The van der Waals surface area contributed by atoms with Gasteiger partial charge >= 0.3 is 0 Å². The third kappa shape index (κ3) is 2.36. The molecule has 0 saturated heterocycles. The smallest absolute Gasteiger partial charge is 0.176 e. The quantitative estimate of drug-likeness (QED) is 0.659. The summed E-state index contributed by atoms with van der Waals surface area (Å²) in [5.74, 6) is 1.13. The summed E-state index contributed by atoms with van der Waals surface area (Å²) in [6.07, 6.45) is 1.89. The number of para-hydroxylation sites is 1. The topological polar surface area (TPSA) is 48.7 Å². The number of nitrogens with one attached hydrogen (secondary N) is 1. The average Bonchev–Trinajstić information content (AvgIpc) is 2.79. The van der Waals surface area contributed by atoms with Gasteiger partial charge < -0.3 is 4.74 Å². The lowest BCUT2D eigenvalue weighted by atomic mass is 9.99. The highest BCUT2D eigenvalue weighted by Gasteiger charge is 2.27. The van der Waals surface area contributed by atoms with Crippen molar-refractivity contribution in [3.05, 3.63) is 29.8 Å². The highest BCUT2D eigenvalue weighted by molar-refractivity contribution is 8.13. The molecule has 1 N–H and O–H groups in total. The van der Waals surface area contributed by atoms with E-state index < -0.39 is 0 Å². The highest BCUT2D eigenvalue weighted by atomic mass is 32.2. The summed E-state index contributed by atoms with van der Waals surface area (Å²) in [5, 5.41) is 14.6. The first-order valence-corrected chi connectivity index (χ1v) is 7.01. The molecule has 0 fully saturated rings. The Balaban J connectivity index is 2.35. The van der Waals surface area contributed by atoms with Crippen LogP contribution in [0.3, 0.4) is 0 Å². The molecule has 2 rings (SSSR count). The minimum Gasteiger partial charge on any atom is -0.496 e. The SMILES string of the molecule is COc1ccccc1C1=NN(C(=N)SC)CC1C. The fourth-order valence-corrected chi connectivity index (χ4v) is 2.35. The summed E-state index contributed by atoms with van der Waals surface area (Å²) in [6, 6.07) is 7.88. The third-order valence-corrected chi connectivity index (χ3v) is 3.55. The summed E-state index contributed by atoms with van der Waals surface area (Å²) in [6.45, 7) is 2.88. The van der Waals surface area contributed by atoms with Gasteiger partial charge in [0.2, 0.25) is 0 Å².